The number of rotatable bonds is 2. The fourth-order valence-corrected chi connectivity index (χ4v) is 3.18. The molecule has 0 atom stereocenters. The quantitative estimate of drug-likeness (QED) is 0.639. The Kier molecular flexibility index (Phi) is 2.65. The first kappa shape index (κ1) is 12.0. The van der Waals surface area contributed by atoms with E-state index in [1.54, 1.807) is 0 Å². The summed E-state index contributed by atoms with van der Waals surface area (Å²) in [6.07, 6.45) is 6.25. The monoisotopic (exact) mass is 270 g/mol. The van der Waals surface area contributed by atoms with Crippen LogP contribution in [-0.2, 0) is 12.8 Å². The van der Waals surface area contributed by atoms with Gasteiger partial charge in [-0.1, -0.05) is 48.0 Å². The van der Waals surface area contributed by atoms with E-state index < -0.39 is 0 Å². The van der Waals surface area contributed by atoms with Crippen molar-refractivity contribution in [3.8, 4) is 0 Å². The van der Waals surface area contributed by atoms with Gasteiger partial charge in [0, 0.05) is 17.1 Å². The van der Waals surface area contributed by atoms with Crippen LogP contribution in [-0.4, -0.2) is 4.98 Å². The van der Waals surface area contributed by atoms with Crippen molar-refractivity contribution >= 4 is 22.7 Å². The molecule has 0 amide bonds. The SMILES string of the molecule is [C-]#[N+]c1cccc2[nH]cc(CC3=Cc4ccccc4C3)c12. The summed E-state index contributed by atoms with van der Waals surface area (Å²) in [6.45, 7) is 7.35. The lowest BCUT2D eigenvalue weighted by Gasteiger charge is -2.02. The highest BCUT2D eigenvalue weighted by Crippen LogP contribution is 2.33. The van der Waals surface area contributed by atoms with Crippen LogP contribution in [0.25, 0.3) is 21.8 Å². The van der Waals surface area contributed by atoms with Crippen molar-refractivity contribution in [1.29, 1.82) is 0 Å². The van der Waals surface area contributed by atoms with Gasteiger partial charge in [-0.15, -0.1) is 0 Å². The van der Waals surface area contributed by atoms with Crippen molar-refractivity contribution in [3.63, 3.8) is 0 Å². The molecule has 4 rings (SSSR count). The second-order valence-electron chi connectivity index (χ2n) is 5.48. The van der Waals surface area contributed by atoms with E-state index in [-0.39, 0.29) is 0 Å². The number of hydrogen-bond donors (Lipinski definition) is 1. The van der Waals surface area contributed by atoms with Gasteiger partial charge in [-0.05, 0) is 35.6 Å². The number of nitrogens with one attached hydrogen (secondary N) is 1. The summed E-state index contributed by atoms with van der Waals surface area (Å²) in [4.78, 5) is 6.94. The maximum Gasteiger partial charge on any atom is 0.196 e. The zero-order valence-corrected chi connectivity index (χ0v) is 11.6. The number of allylic oxidation sites excluding steroid dienone is 1. The van der Waals surface area contributed by atoms with E-state index in [1.807, 2.05) is 24.4 Å². The van der Waals surface area contributed by atoms with Gasteiger partial charge in [-0.3, -0.25) is 0 Å². The third-order valence-corrected chi connectivity index (χ3v) is 4.14. The van der Waals surface area contributed by atoms with E-state index in [4.69, 9.17) is 6.57 Å². The summed E-state index contributed by atoms with van der Waals surface area (Å²) in [5, 5.41) is 1.07. The van der Waals surface area contributed by atoms with Gasteiger partial charge in [0.1, 0.15) is 0 Å². The highest BCUT2D eigenvalue weighted by molar-refractivity contribution is 5.95. The fourth-order valence-electron chi connectivity index (χ4n) is 3.18. The van der Waals surface area contributed by atoms with Crippen LogP contribution in [0.3, 0.4) is 0 Å². The molecule has 0 unspecified atom stereocenters. The second kappa shape index (κ2) is 4.64. The Balaban J connectivity index is 1.73. The molecule has 1 N–H and O–H groups in total. The maximum atomic E-state index is 7.35. The summed E-state index contributed by atoms with van der Waals surface area (Å²) in [5.41, 5.74) is 7.15. The Hall–Kier alpha value is -2.79. The summed E-state index contributed by atoms with van der Waals surface area (Å²) < 4.78 is 0. The summed E-state index contributed by atoms with van der Waals surface area (Å²) in [7, 11) is 0. The van der Waals surface area contributed by atoms with Crippen LogP contribution in [0.5, 0.6) is 0 Å². The van der Waals surface area contributed by atoms with Crippen LogP contribution < -0.4 is 0 Å². The molecule has 0 aliphatic heterocycles. The second-order valence-corrected chi connectivity index (χ2v) is 5.48. The van der Waals surface area contributed by atoms with Crippen molar-refractivity contribution in [1.82, 2.24) is 4.98 Å². The van der Waals surface area contributed by atoms with Crippen molar-refractivity contribution in [2.24, 2.45) is 0 Å². The van der Waals surface area contributed by atoms with Gasteiger partial charge < -0.3 is 4.98 Å². The number of fused-ring (bicyclic) bond motifs is 2. The highest BCUT2D eigenvalue weighted by atomic mass is 14.7. The van der Waals surface area contributed by atoms with Gasteiger partial charge in [-0.25, -0.2) is 4.85 Å². The van der Waals surface area contributed by atoms with E-state index in [1.165, 1.54) is 22.3 Å². The Bertz CT molecular complexity index is 907. The zero-order valence-electron chi connectivity index (χ0n) is 11.6. The lowest BCUT2D eigenvalue weighted by atomic mass is 10.0. The smallest absolute Gasteiger partial charge is 0.196 e. The number of aromatic amines is 1. The molecule has 0 fully saturated rings. The molecule has 21 heavy (non-hydrogen) atoms. The van der Waals surface area contributed by atoms with Crippen molar-refractivity contribution in [2.75, 3.05) is 0 Å². The Morgan fingerprint density at radius 2 is 2.00 bits per heavy atom. The molecule has 0 radical (unpaired) electrons. The van der Waals surface area contributed by atoms with Crippen LogP contribution in [0.2, 0.25) is 0 Å². The summed E-state index contributed by atoms with van der Waals surface area (Å²) >= 11 is 0. The largest absolute Gasteiger partial charge is 0.362 e. The van der Waals surface area contributed by atoms with E-state index in [9.17, 15) is 0 Å². The fraction of sp³-hybridized carbons (Fsp3) is 0.105. The molecule has 2 nitrogen and oxygen atoms in total. The Labute approximate surface area is 123 Å². The molecule has 0 bridgehead atoms. The molecule has 1 aliphatic carbocycles. The summed E-state index contributed by atoms with van der Waals surface area (Å²) in [5.74, 6) is 0. The van der Waals surface area contributed by atoms with E-state index in [0.29, 0.717) is 0 Å². The lowest BCUT2D eigenvalue weighted by Crippen LogP contribution is -1.90. The van der Waals surface area contributed by atoms with E-state index in [0.717, 1.165) is 29.4 Å². The lowest BCUT2D eigenvalue weighted by molar-refractivity contribution is 1.08. The third-order valence-electron chi connectivity index (χ3n) is 4.14. The van der Waals surface area contributed by atoms with Crippen LogP contribution in [0.15, 0.2) is 54.2 Å². The van der Waals surface area contributed by atoms with E-state index >= 15 is 0 Å². The van der Waals surface area contributed by atoms with Crippen molar-refractivity contribution in [2.45, 2.75) is 12.8 Å². The number of hydrogen-bond acceptors (Lipinski definition) is 0. The van der Waals surface area contributed by atoms with Crippen LogP contribution in [0.4, 0.5) is 5.69 Å². The summed E-state index contributed by atoms with van der Waals surface area (Å²) in [6, 6.07) is 14.4. The first-order chi connectivity index (χ1) is 10.3. The molecular weight excluding hydrogens is 256 g/mol. The van der Waals surface area contributed by atoms with Crippen LogP contribution in [0, 0.1) is 6.57 Å². The average molecular weight is 270 g/mol. The number of benzene rings is 2. The molecule has 0 saturated heterocycles. The maximum absolute atomic E-state index is 7.35. The molecule has 3 aromatic rings. The molecule has 1 heterocycles. The standard InChI is InChI=1S/C19H14N2/c1-20-17-7-4-8-18-19(17)16(12-21-18)11-13-9-14-5-2-3-6-15(14)10-13/h2-9,12,21H,10-11H2. The third kappa shape index (κ3) is 1.95. The molecule has 1 aromatic heterocycles. The van der Waals surface area contributed by atoms with Gasteiger partial charge >= 0.3 is 0 Å². The average Bonchev–Trinajstić information content (AvgIpc) is 3.11. The van der Waals surface area contributed by atoms with Crippen LogP contribution >= 0.6 is 0 Å². The molecule has 100 valence electrons. The predicted molar refractivity (Wildman–Crippen MR) is 86.4 cm³/mol. The normalized spacial score (nSPS) is 13.0. The van der Waals surface area contributed by atoms with Gasteiger partial charge in [0.2, 0.25) is 0 Å². The van der Waals surface area contributed by atoms with Crippen molar-refractivity contribution in [3.05, 3.63) is 82.3 Å². The predicted octanol–water partition coefficient (Wildman–Crippen LogP) is 4.90. The van der Waals surface area contributed by atoms with E-state index in [2.05, 4.69) is 40.2 Å². The van der Waals surface area contributed by atoms with Crippen LogP contribution in [0.1, 0.15) is 16.7 Å². The minimum Gasteiger partial charge on any atom is -0.362 e. The number of nitrogens with zero attached hydrogens (tertiary/aromatic N) is 1. The number of H-pyrrole nitrogens is 1. The molecular formula is C19H14N2. The number of aromatic nitrogens is 1. The minimum atomic E-state index is 0.736. The van der Waals surface area contributed by atoms with Gasteiger partial charge in [0.25, 0.3) is 0 Å². The van der Waals surface area contributed by atoms with Crippen molar-refractivity contribution < 1.29 is 0 Å². The zero-order chi connectivity index (χ0) is 14.2. The van der Waals surface area contributed by atoms with Gasteiger partial charge in [0.05, 0.1) is 6.57 Å². The minimum absolute atomic E-state index is 0.736. The molecule has 0 saturated carbocycles. The Morgan fingerprint density at radius 3 is 2.86 bits per heavy atom. The first-order valence-corrected chi connectivity index (χ1v) is 7.09. The topological polar surface area (TPSA) is 20.1 Å². The molecule has 1 aliphatic rings. The molecule has 2 aromatic carbocycles. The van der Waals surface area contributed by atoms with Gasteiger partial charge in [0.15, 0.2) is 5.69 Å². The van der Waals surface area contributed by atoms with Gasteiger partial charge in [-0.2, -0.15) is 0 Å². The highest BCUT2D eigenvalue weighted by Gasteiger charge is 2.15. The Morgan fingerprint density at radius 1 is 1.10 bits per heavy atom. The molecule has 0 spiro atoms. The molecule has 2 heteroatoms. The first-order valence-electron chi connectivity index (χ1n) is 7.09.